The fourth-order valence-electron chi connectivity index (χ4n) is 2.46. The number of rotatable bonds is 4. The molecule has 30 heavy (non-hydrogen) atoms. The number of thioether (sulfide) groups is 1. The van der Waals surface area contributed by atoms with Crippen molar-refractivity contribution in [2.75, 3.05) is 0 Å². The van der Waals surface area contributed by atoms with Gasteiger partial charge in [-0.15, -0.1) is 0 Å². The van der Waals surface area contributed by atoms with Crippen molar-refractivity contribution < 1.29 is 19.4 Å². The van der Waals surface area contributed by atoms with Crippen molar-refractivity contribution in [3.63, 3.8) is 0 Å². The second-order valence-corrected chi connectivity index (χ2v) is 8.26. The van der Waals surface area contributed by atoms with Crippen molar-refractivity contribution in [2.45, 2.75) is 0 Å². The smallest absolute Gasteiger partial charge is 0.268 e. The molecule has 9 nitrogen and oxygen atoms in total. The van der Waals surface area contributed by atoms with Gasteiger partial charge in [0.1, 0.15) is 0 Å². The molecule has 1 fully saturated rings. The Bertz CT molecular complexity index is 1150. The van der Waals surface area contributed by atoms with Gasteiger partial charge in [0.15, 0.2) is 4.32 Å². The number of nitro benzene ring substituents is 2. The number of non-ortho nitro benzene ring substituents is 2. The fraction of sp³-hybridized carbons (Fsp3) is 0. The molecule has 1 aliphatic heterocycles. The van der Waals surface area contributed by atoms with Gasteiger partial charge in [-0.25, -0.2) is 4.90 Å². The molecule has 1 saturated heterocycles. The summed E-state index contributed by atoms with van der Waals surface area (Å²) >= 11 is 17.8. The van der Waals surface area contributed by atoms with Crippen LogP contribution in [0.5, 0.6) is 0 Å². The summed E-state index contributed by atoms with van der Waals surface area (Å²) in [6, 6.07) is 7.00. The molecule has 0 saturated carbocycles. The SMILES string of the molecule is O=C1C(=Cc2ccc(Cl)cc2Cl)SC(=S)N1C(=O)c1cc([N+](=O)[O-])cc([N+](=O)[O-])c1. The number of benzene rings is 2. The predicted octanol–water partition coefficient (Wildman–Crippen LogP) is 4.85. The van der Waals surface area contributed by atoms with Crippen LogP contribution in [0.2, 0.25) is 10.0 Å². The van der Waals surface area contributed by atoms with Crippen LogP contribution in [0.3, 0.4) is 0 Å². The molecule has 0 atom stereocenters. The summed E-state index contributed by atoms with van der Waals surface area (Å²) in [5.74, 6) is -1.80. The van der Waals surface area contributed by atoms with E-state index in [4.69, 9.17) is 35.4 Å². The molecule has 1 heterocycles. The Hall–Kier alpha value is -2.86. The topological polar surface area (TPSA) is 124 Å². The minimum Gasteiger partial charge on any atom is -0.268 e. The number of nitrogens with zero attached hydrogens (tertiary/aromatic N) is 3. The maximum Gasteiger partial charge on any atom is 0.277 e. The van der Waals surface area contributed by atoms with Gasteiger partial charge in [-0.1, -0.05) is 53.2 Å². The summed E-state index contributed by atoms with van der Waals surface area (Å²) in [5.41, 5.74) is -1.29. The maximum absolute atomic E-state index is 12.8. The van der Waals surface area contributed by atoms with E-state index in [9.17, 15) is 29.8 Å². The van der Waals surface area contributed by atoms with Crippen molar-refractivity contribution in [3.05, 3.63) is 82.7 Å². The zero-order valence-electron chi connectivity index (χ0n) is 14.4. The highest BCUT2D eigenvalue weighted by Gasteiger charge is 2.38. The van der Waals surface area contributed by atoms with Gasteiger partial charge in [0, 0.05) is 22.2 Å². The molecule has 0 unspecified atom stereocenters. The zero-order chi connectivity index (χ0) is 22.2. The fourth-order valence-corrected chi connectivity index (χ4v) is 4.17. The van der Waals surface area contributed by atoms with Gasteiger partial charge in [0.25, 0.3) is 23.2 Å². The Labute approximate surface area is 187 Å². The highest BCUT2D eigenvalue weighted by Crippen LogP contribution is 2.36. The zero-order valence-corrected chi connectivity index (χ0v) is 17.5. The van der Waals surface area contributed by atoms with Crippen molar-refractivity contribution >= 4 is 80.8 Å². The summed E-state index contributed by atoms with van der Waals surface area (Å²) in [6.45, 7) is 0. The average molecular weight is 484 g/mol. The van der Waals surface area contributed by atoms with Gasteiger partial charge >= 0.3 is 0 Å². The second-order valence-electron chi connectivity index (χ2n) is 5.74. The highest BCUT2D eigenvalue weighted by atomic mass is 35.5. The van der Waals surface area contributed by atoms with Crippen LogP contribution in [0.1, 0.15) is 15.9 Å². The van der Waals surface area contributed by atoms with E-state index in [1.165, 1.54) is 12.1 Å². The highest BCUT2D eigenvalue weighted by molar-refractivity contribution is 8.26. The van der Waals surface area contributed by atoms with Crippen LogP contribution in [0.25, 0.3) is 6.08 Å². The van der Waals surface area contributed by atoms with Crippen LogP contribution in [0.4, 0.5) is 11.4 Å². The molecular weight excluding hydrogens is 477 g/mol. The van der Waals surface area contributed by atoms with Crippen LogP contribution in [-0.2, 0) is 4.79 Å². The van der Waals surface area contributed by atoms with E-state index in [1.807, 2.05) is 0 Å². The number of imide groups is 1. The Morgan fingerprint density at radius 2 is 1.67 bits per heavy atom. The molecule has 0 N–H and O–H groups in total. The van der Waals surface area contributed by atoms with E-state index in [1.54, 1.807) is 12.1 Å². The van der Waals surface area contributed by atoms with E-state index in [0.29, 0.717) is 21.6 Å². The first-order valence-corrected chi connectivity index (χ1v) is 9.78. The van der Waals surface area contributed by atoms with Crippen molar-refractivity contribution in [1.29, 1.82) is 0 Å². The summed E-state index contributed by atoms with van der Waals surface area (Å²) in [5, 5.41) is 22.8. The summed E-state index contributed by atoms with van der Waals surface area (Å²) in [7, 11) is 0. The molecule has 2 aromatic carbocycles. The minimum absolute atomic E-state index is 0.0810. The molecule has 2 amide bonds. The largest absolute Gasteiger partial charge is 0.277 e. The lowest BCUT2D eigenvalue weighted by atomic mass is 10.1. The number of halogens is 2. The second kappa shape index (κ2) is 8.48. The van der Waals surface area contributed by atoms with Crippen LogP contribution in [-0.4, -0.2) is 30.9 Å². The van der Waals surface area contributed by atoms with Crippen LogP contribution < -0.4 is 0 Å². The molecule has 0 aromatic heterocycles. The van der Waals surface area contributed by atoms with Crippen LogP contribution >= 0.6 is 47.2 Å². The molecule has 0 radical (unpaired) electrons. The number of amides is 2. The Morgan fingerprint density at radius 3 is 2.20 bits per heavy atom. The lowest BCUT2D eigenvalue weighted by Crippen LogP contribution is -2.34. The number of hydrogen-bond acceptors (Lipinski definition) is 8. The predicted molar refractivity (Wildman–Crippen MR) is 116 cm³/mol. The molecule has 0 bridgehead atoms. The molecule has 13 heteroatoms. The third-order valence-electron chi connectivity index (χ3n) is 3.82. The van der Waals surface area contributed by atoms with Crippen LogP contribution in [0.15, 0.2) is 41.3 Å². The maximum atomic E-state index is 12.8. The summed E-state index contributed by atoms with van der Waals surface area (Å²) in [4.78, 5) is 46.6. The first kappa shape index (κ1) is 21.8. The number of hydrogen-bond donors (Lipinski definition) is 0. The Kier molecular flexibility index (Phi) is 6.17. The number of thiocarbonyl (C=S) groups is 1. The van der Waals surface area contributed by atoms with Gasteiger partial charge < -0.3 is 0 Å². The standard InChI is InChI=1S/C17H7Cl2N3O6S2/c18-10-2-1-8(13(19)6-10)5-14-16(24)20(17(29)30-14)15(23)9-3-11(21(25)26)7-12(4-9)22(27)28/h1-7H. The molecule has 2 aromatic rings. The molecule has 0 aliphatic carbocycles. The first-order valence-electron chi connectivity index (χ1n) is 7.79. The molecule has 1 aliphatic rings. The van der Waals surface area contributed by atoms with Gasteiger partial charge in [-0.05, 0) is 23.8 Å². The van der Waals surface area contributed by atoms with Gasteiger partial charge in [0.05, 0.1) is 26.4 Å². The molecular formula is C17H7Cl2N3O6S2. The number of carbonyl (C=O) groups is 2. The van der Waals surface area contributed by atoms with E-state index in [2.05, 4.69) is 0 Å². The van der Waals surface area contributed by atoms with Gasteiger partial charge in [0.2, 0.25) is 0 Å². The van der Waals surface area contributed by atoms with Gasteiger partial charge in [-0.3, -0.25) is 29.8 Å². The van der Waals surface area contributed by atoms with Crippen LogP contribution in [0, 0.1) is 20.2 Å². The quantitative estimate of drug-likeness (QED) is 0.198. The van der Waals surface area contributed by atoms with E-state index in [0.717, 1.165) is 23.9 Å². The third-order valence-corrected chi connectivity index (χ3v) is 5.68. The van der Waals surface area contributed by atoms with E-state index in [-0.39, 0.29) is 14.2 Å². The summed E-state index contributed by atoms with van der Waals surface area (Å²) < 4.78 is -0.129. The molecule has 0 spiro atoms. The minimum atomic E-state index is -1.02. The van der Waals surface area contributed by atoms with E-state index < -0.39 is 38.6 Å². The first-order chi connectivity index (χ1) is 14.1. The molecule has 152 valence electrons. The lowest BCUT2D eigenvalue weighted by molar-refractivity contribution is -0.394. The van der Waals surface area contributed by atoms with Crippen molar-refractivity contribution in [2.24, 2.45) is 0 Å². The van der Waals surface area contributed by atoms with E-state index >= 15 is 0 Å². The number of nitro groups is 2. The van der Waals surface area contributed by atoms with Crippen molar-refractivity contribution in [1.82, 2.24) is 4.90 Å². The monoisotopic (exact) mass is 483 g/mol. The summed E-state index contributed by atoms with van der Waals surface area (Å²) in [6.07, 6.45) is 1.42. The Balaban J connectivity index is 1.98. The van der Waals surface area contributed by atoms with Crippen molar-refractivity contribution in [3.8, 4) is 0 Å². The molecule has 3 rings (SSSR count). The normalized spacial score (nSPS) is 15.0. The Morgan fingerprint density at radius 1 is 1.07 bits per heavy atom. The lowest BCUT2D eigenvalue weighted by Gasteiger charge is -2.12. The third kappa shape index (κ3) is 4.33. The average Bonchev–Trinajstić information content (AvgIpc) is 2.96. The number of carbonyl (C=O) groups excluding carboxylic acids is 2. The van der Waals surface area contributed by atoms with Gasteiger partial charge in [-0.2, -0.15) is 0 Å².